The molecule has 0 aromatic rings. The van der Waals surface area contributed by atoms with Crippen LogP contribution in [-0.4, -0.2) is 17.9 Å². The molecule has 0 heterocycles. The van der Waals surface area contributed by atoms with Crippen LogP contribution in [0.3, 0.4) is 0 Å². The Kier molecular flexibility index (Phi) is 4.03. The molecule has 0 saturated carbocycles. The molecule has 0 amide bonds. The van der Waals surface area contributed by atoms with Crippen LogP contribution >= 0.6 is 15.9 Å². The Morgan fingerprint density at radius 1 is 1.64 bits per heavy atom. The first kappa shape index (κ1) is 10.4. The van der Waals surface area contributed by atoms with Crippen molar-refractivity contribution in [2.45, 2.75) is 19.4 Å². The molecule has 0 saturated heterocycles. The second-order valence-corrected chi connectivity index (χ2v) is 2.72. The molecule has 0 fully saturated rings. The Balaban J connectivity index is 4.33. The lowest BCUT2D eigenvalue weighted by Gasteiger charge is -2.17. The van der Waals surface area contributed by atoms with E-state index < -0.39 is 11.6 Å². The number of hydrogen-bond acceptors (Lipinski definition) is 3. The van der Waals surface area contributed by atoms with Crippen LogP contribution in [0.15, 0.2) is 11.1 Å². The van der Waals surface area contributed by atoms with E-state index in [0.29, 0.717) is 6.29 Å². The van der Waals surface area contributed by atoms with Gasteiger partial charge in [0, 0.05) is 6.92 Å². The molecular weight excluding hydrogens is 212 g/mol. The zero-order valence-corrected chi connectivity index (χ0v) is 7.92. The van der Waals surface area contributed by atoms with Crippen LogP contribution < -0.4 is 0 Å². The predicted octanol–water partition coefficient (Wildman–Crippen LogP) is 1.42. The SMILES string of the molecule is CC(=O)OC(C)(C=O)C=CBr. The fourth-order valence-electron chi connectivity index (χ4n) is 0.532. The maximum atomic E-state index is 10.5. The molecule has 0 aliphatic carbocycles. The molecule has 0 bridgehead atoms. The normalized spacial score (nSPS) is 15.9. The molecule has 0 aromatic carbocycles. The van der Waals surface area contributed by atoms with Gasteiger partial charge in [-0.3, -0.25) is 9.59 Å². The summed E-state index contributed by atoms with van der Waals surface area (Å²) in [5, 5.41) is 0. The van der Waals surface area contributed by atoms with Crippen molar-refractivity contribution in [3.8, 4) is 0 Å². The van der Waals surface area contributed by atoms with Gasteiger partial charge in [-0.1, -0.05) is 15.9 Å². The van der Waals surface area contributed by atoms with Gasteiger partial charge in [-0.05, 0) is 18.0 Å². The van der Waals surface area contributed by atoms with Crippen LogP contribution in [0, 0.1) is 0 Å². The van der Waals surface area contributed by atoms with Gasteiger partial charge in [0.15, 0.2) is 11.9 Å². The van der Waals surface area contributed by atoms with Gasteiger partial charge in [0.25, 0.3) is 0 Å². The Morgan fingerprint density at radius 3 is 2.45 bits per heavy atom. The van der Waals surface area contributed by atoms with Gasteiger partial charge in [-0.2, -0.15) is 0 Å². The molecule has 11 heavy (non-hydrogen) atoms. The van der Waals surface area contributed by atoms with Gasteiger partial charge in [-0.15, -0.1) is 0 Å². The summed E-state index contributed by atoms with van der Waals surface area (Å²) in [6.45, 7) is 2.75. The number of esters is 1. The van der Waals surface area contributed by atoms with Crippen molar-refractivity contribution in [3.05, 3.63) is 11.1 Å². The lowest BCUT2D eigenvalue weighted by atomic mass is 10.1. The van der Waals surface area contributed by atoms with E-state index >= 15 is 0 Å². The van der Waals surface area contributed by atoms with E-state index in [1.165, 1.54) is 24.9 Å². The van der Waals surface area contributed by atoms with E-state index in [1.807, 2.05) is 0 Å². The standard InChI is InChI=1S/C7H9BrO3/c1-6(10)11-7(2,5-9)3-4-8/h3-5H,1-2H3. The zero-order valence-electron chi connectivity index (χ0n) is 6.33. The molecule has 0 aliphatic heterocycles. The third kappa shape index (κ3) is 3.93. The Hall–Kier alpha value is -0.640. The van der Waals surface area contributed by atoms with E-state index in [0.717, 1.165) is 0 Å². The highest BCUT2D eigenvalue weighted by atomic mass is 79.9. The first-order valence-corrected chi connectivity index (χ1v) is 3.89. The van der Waals surface area contributed by atoms with Crippen molar-refractivity contribution in [2.75, 3.05) is 0 Å². The molecule has 1 unspecified atom stereocenters. The van der Waals surface area contributed by atoms with Crippen LogP contribution in [0.2, 0.25) is 0 Å². The van der Waals surface area contributed by atoms with Gasteiger partial charge in [0.05, 0.1) is 0 Å². The molecule has 0 aliphatic rings. The lowest BCUT2D eigenvalue weighted by molar-refractivity contribution is -0.154. The summed E-state index contributed by atoms with van der Waals surface area (Å²) in [6.07, 6.45) is 2.01. The van der Waals surface area contributed by atoms with E-state index in [4.69, 9.17) is 4.74 Å². The second kappa shape index (κ2) is 4.28. The maximum Gasteiger partial charge on any atom is 0.303 e. The summed E-state index contributed by atoms with van der Waals surface area (Å²) in [7, 11) is 0. The van der Waals surface area contributed by atoms with Crippen LogP contribution in [0.4, 0.5) is 0 Å². The molecule has 0 rings (SSSR count). The minimum atomic E-state index is -1.14. The Bertz CT molecular complexity index is 188. The van der Waals surface area contributed by atoms with Crippen molar-refractivity contribution in [2.24, 2.45) is 0 Å². The third-order valence-corrected chi connectivity index (χ3v) is 1.26. The molecule has 0 radical (unpaired) electrons. The fraction of sp³-hybridized carbons (Fsp3) is 0.429. The Labute approximate surface area is 73.5 Å². The number of rotatable bonds is 3. The zero-order chi connectivity index (χ0) is 8.91. The topological polar surface area (TPSA) is 43.4 Å². The monoisotopic (exact) mass is 220 g/mol. The van der Waals surface area contributed by atoms with E-state index in [9.17, 15) is 9.59 Å². The minimum absolute atomic E-state index is 0.481. The summed E-state index contributed by atoms with van der Waals surface area (Å²) in [5.41, 5.74) is -1.14. The van der Waals surface area contributed by atoms with E-state index in [2.05, 4.69) is 15.9 Å². The molecular formula is C7H9BrO3. The number of carbonyl (C=O) groups is 2. The van der Waals surface area contributed by atoms with Gasteiger partial charge < -0.3 is 4.74 Å². The summed E-state index contributed by atoms with van der Waals surface area (Å²) in [6, 6.07) is 0. The number of carbonyl (C=O) groups excluding carboxylic acids is 2. The number of ether oxygens (including phenoxy) is 1. The van der Waals surface area contributed by atoms with Gasteiger partial charge in [0.1, 0.15) is 0 Å². The molecule has 3 nitrogen and oxygen atoms in total. The van der Waals surface area contributed by atoms with Crippen LogP contribution in [0.5, 0.6) is 0 Å². The van der Waals surface area contributed by atoms with Crippen molar-refractivity contribution in [3.63, 3.8) is 0 Å². The van der Waals surface area contributed by atoms with Crippen LogP contribution in [0.1, 0.15) is 13.8 Å². The lowest BCUT2D eigenvalue weighted by Crippen LogP contribution is -2.29. The van der Waals surface area contributed by atoms with Crippen molar-refractivity contribution >= 4 is 28.2 Å². The summed E-state index contributed by atoms with van der Waals surface area (Å²) in [4.78, 5) is 22.3. The number of aldehydes is 1. The van der Waals surface area contributed by atoms with Gasteiger partial charge in [0.2, 0.25) is 0 Å². The predicted molar refractivity (Wildman–Crippen MR) is 44.3 cm³/mol. The first-order valence-electron chi connectivity index (χ1n) is 2.98. The van der Waals surface area contributed by atoms with Crippen LogP contribution in [-0.2, 0) is 14.3 Å². The highest BCUT2D eigenvalue weighted by Gasteiger charge is 2.22. The quantitative estimate of drug-likeness (QED) is 0.534. The summed E-state index contributed by atoms with van der Waals surface area (Å²) < 4.78 is 4.70. The highest BCUT2D eigenvalue weighted by molar-refractivity contribution is 9.11. The van der Waals surface area contributed by atoms with Gasteiger partial charge in [-0.25, -0.2) is 0 Å². The average molecular weight is 221 g/mol. The number of hydrogen-bond donors (Lipinski definition) is 0. The molecule has 62 valence electrons. The molecule has 0 spiro atoms. The van der Waals surface area contributed by atoms with E-state index in [-0.39, 0.29) is 0 Å². The van der Waals surface area contributed by atoms with Crippen molar-refractivity contribution in [1.82, 2.24) is 0 Å². The average Bonchev–Trinajstić information content (AvgIpc) is 1.87. The minimum Gasteiger partial charge on any atom is -0.447 e. The van der Waals surface area contributed by atoms with Crippen molar-refractivity contribution in [1.29, 1.82) is 0 Å². The van der Waals surface area contributed by atoms with Crippen LogP contribution in [0.25, 0.3) is 0 Å². The maximum absolute atomic E-state index is 10.5. The summed E-state index contributed by atoms with van der Waals surface area (Å²) in [5.74, 6) is -0.481. The fourth-order valence-corrected chi connectivity index (χ4v) is 1.06. The summed E-state index contributed by atoms with van der Waals surface area (Å²) >= 11 is 2.99. The molecule has 0 N–H and O–H groups in total. The molecule has 4 heteroatoms. The van der Waals surface area contributed by atoms with Crippen molar-refractivity contribution < 1.29 is 14.3 Å². The largest absolute Gasteiger partial charge is 0.447 e. The molecule has 1 atom stereocenters. The molecule has 0 aromatic heterocycles. The second-order valence-electron chi connectivity index (χ2n) is 2.19. The number of halogens is 1. The smallest absolute Gasteiger partial charge is 0.303 e. The highest BCUT2D eigenvalue weighted by Crippen LogP contribution is 2.10. The first-order chi connectivity index (χ1) is 5.04. The van der Waals surface area contributed by atoms with Gasteiger partial charge >= 0.3 is 5.97 Å². The van der Waals surface area contributed by atoms with E-state index in [1.54, 1.807) is 0 Å². The third-order valence-electron chi connectivity index (χ3n) is 0.992. The Morgan fingerprint density at radius 2 is 2.18 bits per heavy atom.